The quantitative estimate of drug-likeness (QED) is 0.867. The van der Waals surface area contributed by atoms with E-state index in [0.717, 1.165) is 24.0 Å². The molecule has 0 aliphatic carbocycles. The molecule has 1 fully saturated rings. The number of nitrogens with one attached hydrogen (secondary N) is 1. The number of rotatable bonds is 5. The lowest BCUT2D eigenvalue weighted by molar-refractivity contribution is -0.124. The molecule has 1 atom stereocenters. The second-order valence-electron chi connectivity index (χ2n) is 5.59. The predicted octanol–water partition coefficient (Wildman–Crippen LogP) is 1.97. The second kappa shape index (κ2) is 9.08. The minimum absolute atomic E-state index is 0. The Kier molecular flexibility index (Phi) is 7.79. The van der Waals surface area contributed by atoms with Gasteiger partial charge in [-0.15, -0.1) is 12.4 Å². The molecule has 22 heavy (non-hydrogen) atoms. The summed E-state index contributed by atoms with van der Waals surface area (Å²) >= 11 is 0. The van der Waals surface area contributed by atoms with Gasteiger partial charge >= 0.3 is 0 Å². The van der Waals surface area contributed by atoms with Gasteiger partial charge in [0.15, 0.2) is 0 Å². The Balaban J connectivity index is 0.00000242. The van der Waals surface area contributed by atoms with Gasteiger partial charge in [-0.1, -0.05) is 6.07 Å². The number of hydrogen-bond donors (Lipinski definition) is 2. The summed E-state index contributed by atoms with van der Waals surface area (Å²) in [4.78, 5) is 12.0. The van der Waals surface area contributed by atoms with Crippen molar-refractivity contribution in [3.05, 3.63) is 35.1 Å². The molecule has 1 aromatic carbocycles. The average molecular weight is 331 g/mol. The van der Waals surface area contributed by atoms with Gasteiger partial charge in [0.1, 0.15) is 5.82 Å². The Hall–Kier alpha value is -1.17. The molecule has 124 valence electrons. The van der Waals surface area contributed by atoms with Crippen molar-refractivity contribution in [2.24, 2.45) is 11.7 Å². The molecule has 0 radical (unpaired) electrons. The number of ether oxygens (including phenoxy) is 1. The molecule has 1 saturated heterocycles. The normalized spacial score (nSPS) is 16.7. The fraction of sp³-hybridized carbons (Fsp3) is 0.562. The van der Waals surface area contributed by atoms with Crippen LogP contribution in [0.3, 0.4) is 0 Å². The number of aryl methyl sites for hydroxylation is 1. The summed E-state index contributed by atoms with van der Waals surface area (Å²) < 4.78 is 18.3. The molecule has 2 rings (SSSR count). The first-order chi connectivity index (χ1) is 10.1. The van der Waals surface area contributed by atoms with Gasteiger partial charge in [0.05, 0.1) is 6.04 Å². The van der Waals surface area contributed by atoms with Crippen molar-refractivity contribution in [2.45, 2.75) is 32.2 Å². The molecule has 0 saturated carbocycles. The molecule has 1 aliphatic rings. The number of halogens is 2. The molecule has 1 unspecified atom stereocenters. The summed E-state index contributed by atoms with van der Waals surface area (Å²) in [6, 6.07) is 4.24. The Morgan fingerprint density at radius 1 is 1.45 bits per heavy atom. The predicted molar refractivity (Wildman–Crippen MR) is 86.6 cm³/mol. The Morgan fingerprint density at radius 2 is 2.14 bits per heavy atom. The zero-order valence-corrected chi connectivity index (χ0v) is 13.6. The molecule has 4 nitrogen and oxygen atoms in total. The van der Waals surface area contributed by atoms with E-state index in [1.807, 2.05) is 6.92 Å². The number of carbonyl (C=O) groups is 1. The smallest absolute Gasteiger partial charge is 0.237 e. The van der Waals surface area contributed by atoms with Crippen LogP contribution in [0.4, 0.5) is 4.39 Å². The van der Waals surface area contributed by atoms with Crippen LogP contribution >= 0.6 is 12.4 Å². The van der Waals surface area contributed by atoms with Crippen LogP contribution in [0.5, 0.6) is 0 Å². The Morgan fingerprint density at radius 3 is 2.77 bits per heavy atom. The van der Waals surface area contributed by atoms with Gasteiger partial charge < -0.3 is 15.8 Å². The number of carbonyl (C=O) groups excluding carboxylic acids is 1. The van der Waals surface area contributed by atoms with Gasteiger partial charge in [-0.05, 0) is 55.4 Å². The van der Waals surface area contributed by atoms with Crippen LogP contribution in [0.25, 0.3) is 0 Å². The van der Waals surface area contributed by atoms with E-state index in [1.165, 1.54) is 12.1 Å². The molecule has 0 spiro atoms. The van der Waals surface area contributed by atoms with E-state index < -0.39 is 6.04 Å². The van der Waals surface area contributed by atoms with E-state index in [1.54, 1.807) is 6.07 Å². The summed E-state index contributed by atoms with van der Waals surface area (Å²) in [5.74, 6) is -0.144. The molecule has 1 aliphatic heterocycles. The average Bonchev–Trinajstić information content (AvgIpc) is 2.49. The van der Waals surface area contributed by atoms with Gasteiger partial charge in [0, 0.05) is 19.8 Å². The maximum absolute atomic E-state index is 13.0. The van der Waals surface area contributed by atoms with Crippen molar-refractivity contribution in [2.75, 3.05) is 19.8 Å². The largest absolute Gasteiger partial charge is 0.381 e. The maximum atomic E-state index is 13.0. The lowest BCUT2D eigenvalue weighted by Gasteiger charge is -2.26. The number of amides is 1. The first-order valence-electron chi connectivity index (χ1n) is 7.44. The number of benzene rings is 1. The Bertz CT molecular complexity index is 493. The zero-order valence-electron chi connectivity index (χ0n) is 12.8. The summed E-state index contributed by atoms with van der Waals surface area (Å²) in [7, 11) is 0. The standard InChI is InChI=1S/C16H23FN2O2.ClH/c1-11-10-14(17)3-2-12(11)4-7-19-16(20)15(18)13-5-8-21-9-6-13;/h2-3,10,13,15H,4-9,18H2,1H3,(H,19,20);1H. The van der Waals surface area contributed by atoms with Crippen molar-refractivity contribution in [3.63, 3.8) is 0 Å². The van der Waals surface area contributed by atoms with Gasteiger partial charge in [-0.3, -0.25) is 4.79 Å². The third-order valence-corrected chi connectivity index (χ3v) is 4.07. The summed E-state index contributed by atoms with van der Waals surface area (Å²) in [6.45, 7) is 3.75. The van der Waals surface area contributed by atoms with Crippen LogP contribution in [-0.4, -0.2) is 31.7 Å². The molecule has 1 heterocycles. The third-order valence-electron chi connectivity index (χ3n) is 4.07. The first kappa shape index (κ1) is 18.9. The van der Waals surface area contributed by atoms with E-state index in [2.05, 4.69) is 5.32 Å². The molecule has 1 amide bonds. The summed E-state index contributed by atoms with van der Waals surface area (Å²) in [6.07, 6.45) is 2.36. The highest BCUT2D eigenvalue weighted by Crippen LogP contribution is 2.17. The topological polar surface area (TPSA) is 64.4 Å². The zero-order chi connectivity index (χ0) is 15.2. The highest BCUT2D eigenvalue weighted by molar-refractivity contribution is 5.85. The lowest BCUT2D eigenvalue weighted by Crippen LogP contribution is -2.47. The van der Waals surface area contributed by atoms with Crippen LogP contribution in [0, 0.1) is 18.7 Å². The molecular weight excluding hydrogens is 307 g/mol. The number of nitrogens with two attached hydrogens (primary N) is 1. The second-order valence-corrected chi connectivity index (χ2v) is 5.59. The maximum Gasteiger partial charge on any atom is 0.237 e. The van der Waals surface area contributed by atoms with Crippen molar-refractivity contribution in [3.8, 4) is 0 Å². The van der Waals surface area contributed by atoms with Crippen molar-refractivity contribution in [1.29, 1.82) is 0 Å². The van der Waals surface area contributed by atoms with E-state index in [-0.39, 0.29) is 30.0 Å². The summed E-state index contributed by atoms with van der Waals surface area (Å²) in [5, 5.41) is 2.87. The van der Waals surface area contributed by atoms with Gasteiger partial charge in [0.2, 0.25) is 5.91 Å². The first-order valence-corrected chi connectivity index (χ1v) is 7.44. The molecule has 0 bridgehead atoms. The SMILES string of the molecule is Cc1cc(F)ccc1CCNC(=O)C(N)C1CCOCC1.Cl. The minimum Gasteiger partial charge on any atom is -0.381 e. The fourth-order valence-corrected chi connectivity index (χ4v) is 2.67. The number of hydrogen-bond acceptors (Lipinski definition) is 3. The third kappa shape index (κ3) is 5.23. The van der Waals surface area contributed by atoms with Crippen molar-refractivity contribution < 1.29 is 13.9 Å². The van der Waals surface area contributed by atoms with Crippen LogP contribution in [0.2, 0.25) is 0 Å². The van der Waals surface area contributed by atoms with E-state index in [9.17, 15) is 9.18 Å². The van der Waals surface area contributed by atoms with Gasteiger partial charge in [-0.25, -0.2) is 4.39 Å². The van der Waals surface area contributed by atoms with Crippen LogP contribution in [0.1, 0.15) is 24.0 Å². The van der Waals surface area contributed by atoms with E-state index in [4.69, 9.17) is 10.5 Å². The highest BCUT2D eigenvalue weighted by Gasteiger charge is 2.26. The summed E-state index contributed by atoms with van der Waals surface area (Å²) in [5.41, 5.74) is 7.94. The minimum atomic E-state index is -0.469. The molecule has 6 heteroatoms. The van der Waals surface area contributed by atoms with E-state index in [0.29, 0.717) is 26.2 Å². The Labute approximate surface area is 137 Å². The molecule has 3 N–H and O–H groups in total. The molecular formula is C16H24ClFN2O2. The monoisotopic (exact) mass is 330 g/mol. The molecule has 1 aromatic rings. The van der Waals surface area contributed by atoms with Gasteiger partial charge in [-0.2, -0.15) is 0 Å². The fourth-order valence-electron chi connectivity index (χ4n) is 2.67. The van der Waals surface area contributed by atoms with Crippen molar-refractivity contribution >= 4 is 18.3 Å². The molecule has 0 aromatic heterocycles. The highest BCUT2D eigenvalue weighted by atomic mass is 35.5. The van der Waals surface area contributed by atoms with Crippen LogP contribution in [-0.2, 0) is 16.0 Å². The van der Waals surface area contributed by atoms with Gasteiger partial charge in [0.25, 0.3) is 0 Å². The van der Waals surface area contributed by atoms with Crippen molar-refractivity contribution in [1.82, 2.24) is 5.32 Å². The lowest BCUT2D eigenvalue weighted by atomic mass is 9.92. The van der Waals surface area contributed by atoms with E-state index >= 15 is 0 Å². The van der Waals surface area contributed by atoms with Crippen LogP contribution in [0.15, 0.2) is 18.2 Å². The van der Waals surface area contributed by atoms with Crippen LogP contribution < -0.4 is 11.1 Å².